The predicted octanol–water partition coefficient (Wildman–Crippen LogP) is 1.49. The summed E-state index contributed by atoms with van der Waals surface area (Å²) in [6.45, 7) is 5.30. The second-order valence-corrected chi connectivity index (χ2v) is 4.85. The van der Waals surface area contributed by atoms with Gasteiger partial charge in [0, 0.05) is 12.6 Å². The van der Waals surface area contributed by atoms with Gasteiger partial charge in [-0.25, -0.2) is 4.68 Å². The minimum absolute atomic E-state index is 0.0277. The molecule has 1 heterocycles. The van der Waals surface area contributed by atoms with Crippen LogP contribution in [-0.4, -0.2) is 26.8 Å². The normalized spacial score (nSPS) is 10.2. The lowest BCUT2D eigenvalue weighted by atomic mass is 10.1. The Balaban J connectivity index is 2.00. The van der Waals surface area contributed by atoms with Crippen LogP contribution in [0, 0.1) is 13.8 Å². The van der Waals surface area contributed by atoms with Crippen LogP contribution in [0.25, 0.3) is 0 Å². The van der Waals surface area contributed by atoms with Gasteiger partial charge in [0.05, 0.1) is 6.20 Å². The van der Waals surface area contributed by atoms with Crippen molar-refractivity contribution in [3.05, 3.63) is 35.5 Å². The Morgan fingerprint density at radius 2 is 2.00 bits per heavy atom. The molecule has 2 amide bonds. The van der Waals surface area contributed by atoms with Crippen molar-refractivity contribution < 1.29 is 9.59 Å². The second-order valence-electron chi connectivity index (χ2n) is 4.85. The standard InChI is InChI=1S/C14H17N5O2/c1-9-4-5-10(2)12(6-9)16-14(21)8-19-7-13(17-18-19)15-11(3)20/h4-7H,8H2,1-3H3,(H,15,20)(H,16,21). The second kappa shape index (κ2) is 6.17. The molecule has 110 valence electrons. The Kier molecular flexibility index (Phi) is 4.32. The third-order valence-corrected chi connectivity index (χ3v) is 2.82. The molecular weight excluding hydrogens is 270 g/mol. The quantitative estimate of drug-likeness (QED) is 0.891. The van der Waals surface area contributed by atoms with Crippen molar-refractivity contribution >= 4 is 23.3 Å². The number of anilines is 2. The molecule has 0 unspecified atom stereocenters. The van der Waals surface area contributed by atoms with Crippen LogP contribution in [0.3, 0.4) is 0 Å². The molecule has 2 rings (SSSR count). The van der Waals surface area contributed by atoms with E-state index in [1.165, 1.54) is 17.8 Å². The molecule has 0 saturated carbocycles. The monoisotopic (exact) mass is 287 g/mol. The van der Waals surface area contributed by atoms with Crippen molar-refractivity contribution in [3.8, 4) is 0 Å². The van der Waals surface area contributed by atoms with E-state index in [1.807, 2.05) is 32.0 Å². The fourth-order valence-corrected chi connectivity index (χ4v) is 1.82. The molecule has 0 radical (unpaired) electrons. The molecule has 7 nitrogen and oxygen atoms in total. The number of nitrogens with one attached hydrogen (secondary N) is 2. The van der Waals surface area contributed by atoms with Gasteiger partial charge in [-0.2, -0.15) is 0 Å². The van der Waals surface area contributed by atoms with E-state index in [0.717, 1.165) is 16.8 Å². The first-order valence-corrected chi connectivity index (χ1v) is 6.49. The highest BCUT2D eigenvalue weighted by molar-refractivity contribution is 5.91. The molecule has 21 heavy (non-hydrogen) atoms. The van der Waals surface area contributed by atoms with E-state index < -0.39 is 0 Å². The van der Waals surface area contributed by atoms with Gasteiger partial charge in [0.15, 0.2) is 5.82 Å². The third kappa shape index (κ3) is 4.13. The van der Waals surface area contributed by atoms with Crippen LogP contribution in [-0.2, 0) is 16.1 Å². The Bertz CT molecular complexity index is 678. The van der Waals surface area contributed by atoms with E-state index in [1.54, 1.807) is 0 Å². The van der Waals surface area contributed by atoms with E-state index in [4.69, 9.17) is 0 Å². The summed E-state index contributed by atoms with van der Waals surface area (Å²) in [6, 6.07) is 5.86. The van der Waals surface area contributed by atoms with Crippen molar-refractivity contribution in [1.29, 1.82) is 0 Å². The van der Waals surface area contributed by atoms with E-state index in [2.05, 4.69) is 20.9 Å². The minimum Gasteiger partial charge on any atom is -0.324 e. The highest BCUT2D eigenvalue weighted by Crippen LogP contribution is 2.16. The fraction of sp³-hybridized carbons (Fsp3) is 0.286. The summed E-state index contributed by atoms with van der Waals surface area (Å²) < 4.78 is 1.37. The summed E-state index contributed by atoms with van der Waals surface area (Å²) in [7, 11) is 0. The zero-order valence-electron chi connectivity index (χ0n) is 12.2. The van der Waals surface area contributed by atoms with Crippen LogP contribution in [0.5, 0.6) is 0 Å². The van der Waals surface area contributed by atoms with Crippen molar-refractivity contribution in [1.82, 2.24) is 15.0 Å². The van der Waals surface area contributed by atoms with Gasteiger partial charge >= 0.3 is 0 Å². The summed E-state index contributed by atoms with van der Waals surface area (Å²) in [4.78, 5) is 22.9. The lowest BCUT2D eigenvalue weighted by Gasteiger charge is -2.09. The SMILES string of the molecule is CC(=O)Nc1cn(CC(=O)Nc2cc(C)ccc2C)nn1. The summed E-state index contributed by atoms with van der Waals surface area (Å²) in [5.41, 5.74) is 2.85. The number of hydrogen-bond donors (Lipinski definition) is 2. The van der Waals surface area contributed by atoms with Crippen LogP contribution in [0.4, 0.5) is 11.5 Å². The summed E-state index contributed by atoms with van der Waals surface area (Å²) >= 11 is 0. The Hall–Kier alpha value is -2.70. The number of nitrogens with zero attached hydrogens (tertiary/aromatic N) is 3. The lowest BCUT2D eigenvalue weighted by Crippen LogP contribution is -2.19. The van der Waals surface area contributed by atoms with E-state index >= 15 is 0 Å². The van der Waals surface area contributed by atoms with Crippen LogP contribution in [0.15, 0.2) is 24.4 Å². The highest BCUT2D eigenvalue weighted by atomic mass is 16.2. The topological polar surface area (TPSA) is 88.9 Å². The number of aromatic nitrogens is 3. The van der Waals surface area contributed by atoms with Gasteiger partial charge in [-0.3, -0.25) is 9.59 Å². The molecule has 2 aromatic rings. The Morgan fingerprint density at radius 3 is 2.71 bits per heavy atom. The minimum atomic E-state index is -0.234. The molecule has 0 saturated heterocycles. The maximum absolute atomic E-state index is 12.0. The molecular formula is C14H17N5O2. The van der Waals surface area contributed by atoms with Crippen molar-refractivity contribution in [2.24, 2.45) is 0 Å². The van der Waals surface area contributed by atoms with Gasteiger partial charge in [0.1, 0.15) is 6.54 Å². The molecule has 1 aromatic heterocycles. The van der Waals surface area contributed by atoms with Gasteiger partial charge in [-0.15, -0.1) is 5.10 Å². The summed E-state index contributed by atoms with van der Waals surface area (Å²) in [6.07, 6.45) is 1.50. The zero-order chi connectivity index (χ0) is 15.4. The lowest BCUT2D eigenvalue weighted by molar-refractivity contribution is -0.117. The van der Waals surface area contributed by atoms with E-state index in [9.17, 15) is 9.59 Å². The zero-order valence-corrected chi connectivity index (χ0v) is 12.2. The number of hydrogen-bond acceptors (Lipinski definition) is 4. The number of rotatable bonds is 4. The number of carbonyl (C=O) groups excluding carboxylic acids is 2. The number of carbonyl (C=O) groups is 2. The molecule has 1 aromatic carbocycles. The molecule has 0 bridgehead atoms. The first kappa shape index (κ1) is 14.7. The molecule has 7 heteroatoms. The van der Waals surface area contributed by atoms with Crippen molar-refractivity contribution in [2.45, 2.75) is 27.3 Å². The first-order valence-electron chi connectivity index (χ1n) is 6.49. The molecule has 2 N–H and O–H groups in total. The number of aryl methyl sites for hydroxylation is 2. The molecule has 0 atom stereocenters. The van der Waals surface area contributed by atoms with Crippen LogP contribution < -0.4 is 10.6 Å². The third-order valence-electron chi connectivity index (χ3n) is 2.82. The van der Waals surface area contributed by atoms with E-state index in [0.29, 0.717) is 5.82 Å². The van der Waals surface area contributed by atoms with Crippen LogP contribution >= 0.6 is 0 Å². The molecule has 0 fully saturated rings. The van der Waals surface area contributed by atoms with Gasteiger partial charge in [-0.05, 0) is 31.0 Å². The first-order chi connectivity index (χ1) is 9.94. The highest BCUT2D eigenvalue weighted by Gasteiger charge is 2.08. The molecule has 0 aliphatic rings. The summed E-state index contributed by atoms with van der Waals surface area (Å²) in [5.74, 6) is -0.119. The number of benzene rings is 1. The van der Waals surface area contributed by atoms with Gasteiger partial charge in [0.25, 0.3) is 0 Å². The smallest absolute Gasteiger partial charge is 0.246 e. The maximum Gasteiger partial charge on any atom is 0.246 e. The maximum atomic E-state index is 12.0. The Morgan fingerprint density at radius 1 is 1.24 bits per heavy atom. The largest absolute Gasteiger partial charge is 0.324 e. The molecule has 0 spiro atoms. The number of amides is 2. The van der Waals surface area contributed by atoms with Gasteiger partial charge in [-0.1, -0.05) is 17.3 Å². The van der Waals surface area contributed by atoms with Crippen LogP contribution in [0.1, 0.15) is 18.1 Å². The van der Waals surface area contributed by atoms with Crippen molar-refractivity contribution in [3.63, 3.8) is 0 Å². The average Bonchev–Trinajstić information content (AvgIpc) is 2.80. The van der Waals surface area contributed by atoms with Gasteiger partial charge in [0.2, 0.25) is 11.8 Å². The molecule has 0 aliphatic carbocycles. The van der Waals surface area contributed by atoms with Crippen LogP contribution in [0.2, 0.25) is 0 Å². The van der Waals surface area contributed by atoms with Crippen molar-refractivity contribution in [2.75, 3.05) is 10.6 Å². The molecule has 0 aliphatic heterocycles. The summed E-state index contributed by atoms with van der Waals surface area (Å²) in [5, 5.41) is 12.9. The predicted molar refractivity (Wildman–Crippen MR) is 78.9 cm³/mol. The average molecular weight is 287 g/mol. The van der Waals surface area contributed by atoms with E-state index in [-0.39, 0.29) is 18.4 Å². The fourth-order valence-electron chi connectivity index (χ4n) is 1.82. The Labute approximate surface area is 122 Å². The van der Waals surface area contributed by atoms with Gasteiger partial charge < -0.3 is 10.6 Å².